The summed E-state index contributed by atoms with van der Waals surface area (Å²) in [5.74, 6) is 0.822. The summed E-state index contributed by atoms with van der Waals surface area (Å²) in [4.78, 5) is 14.2. The third kappa shape index (κ3) is 3.21. The van der Waals surface area contributed by atoms with E-state index in [0.29, 0.717) is 0 Å². The van der Waals surface area contributed by atoms with Gasteiger partial charge in [0.15, 0.2) is 5.78 Å². The number of carbonyl (C=O) groups is 1. The van der Waals surface area contributed by atoms with E-state index in [1.807, 2.05) is 13.0 Å². The molecule has 106 valence electrons. The third-order valence-corrected chi connectivity index (χ3v) is 4.52. The van der Waals surface area contributed by atoms with Crippen molar-refractivity contribution in [3.05, 3.63) is 23.0 Å². The van der Waals surface area contributed by atoms with Gasteiger partial charge in [-0.3, -0.25) is 4.79 Å². The first kappa shape index (κ1) is 14.6. The molecule has 0 amide bonds. The number of aromatic nitrogens is 1. The zero-order chi connectivity index (χ0) is 14.0. The molecule has 2 rings (SSSR count). The molecule has 0 spiro atoms. The molecule has 0 bridgehead atoms. The molecule has 0 N–H and O–H groups in total. The van der Waals surface area contributed by atoms with Crippen LogP contribution in [-0.4, -0.2) is 41.3 Å². The Balaban J connectivity index is 2.12. The number of nitrogens with zero attached hydrogens (tertiary/aromatic N) is 2. The molecule has 0 atom stereocenters. The van der Waals surface area contributed by atoms with Gasteiger partial charge in [-0.05, 0) is 58.8 Å². The number of aryl methyl sites for hydroxylation is 1. The van der Waals surface area contributed by atoms with Crippen molar-refractivity contribution in [2.24, 2.45) is 5.92 Å². The highest BCUT2D eigenvalue weighted by Crippen LogP contribution is 2.23. The molecule has 1 aromatic rings. The van der Waals surface area contributed by atoms with Gasteiger partial charge in [-0.1, -0.05) is 0 Å². The van der Waals surface area contributed by atoms with Crippen LogP contribution in [0.4, 0.5) is 0 Å². The van der Waals surface area contributed by atoms with Gasteiger partial charge in [-0.2, -0.15) is 0 Å². The second kappa shape index (κ2) is 6.10. The Morgan fingerprint density at radius 1 is 1.37 bits per heavy atom. The van der Waals surface area contributed by atoms with Crippen molar-refractivity contribution in [1.29, 1.82) is 0 Å². The zero-order valence-electron chi connectivity index (χ0n) is 12.1. The molecule has 19 heavy (non-hydrogen) atoms. The summed E-state index contributed by atoms with van der Waals surface area (Å²) in [6.45, 7) is 7.49. The number of ketones is 1. The van der Waals surface area contributed by atoms with E-state index in [4.69, 9.17) is 11.6 Å². The minimum absolute atomic E-state index is 0.0318. The average Bonchev–Trinajstić information content (AvgIpc) is 2.68. The summed E-state index contributed by atoms with van der Waals surface area (Å²) < 4.78 is 2.29. The van der Waals surface area contributed by atoms with Gasteiger partial charge in [0.1, 0.15) is 0 Å². The van der Waals surface area contributed by atoms with Crippen molar-refractivity contribution >= 4 is 17.4 Å². The van der Waals surface area contributed by atoms with E-state index in [2.05, 4.69) is 23.4 Å². The third-order valence-electron chi connectivity index (χ3n) is 4.27. The summed E-state index contributed by atoms with van der Waals surface area (Å²) in [6.07, 6.45) is 2.48. The van der Waals surface area contributed by atoms with Crippen LogP contribution in [0.15, 0.2) is 6.07 Å². The number of halogens is 1. The molecule has 0 unspecified atom stereocenters. The highest BCUT2D eigenvalue weighted by molar-refractivity contribution is 6.30. The quantitative estimate of drug-likeness (QED) is 0.627. The molecule has 1 aromatic heterocycles. The standard InChI is InChI=1S/C15H23ClN2O/c1-11-8-14(15(19)9-16)12(2)18(11)10-13-4-6-17(3)7-5-13/h8,13H,4-7,9-10H2,1-3H3. The zero-order valence-corrected chi connectivity index (χ0v) is 12.8. The molecule has 1 saturated heterocycles. The lowest BCUT2D eigenvalue weighted by molar-refractivity contribution is 0.102. The number of carbonyl (C=O) groups excluding carboxylic acids is 1. The minimum Gasteiger partial charge on any atom is -0.348 e. The van der Waals surface area contributed by atoms with Gasteiger partial charge >= 0.3 is 0 Å². The van der Waals surface area contributed by atoms with Crippen LogP contribution in [0.25, 0.3) is 0 Å². The molecule has 0 saturated carbocycles. The summed E-state index contributed by atoms with van der Waals surface area (Å²) in [7, 11) is 2.18. The minimum atomic E-state index is 0.0318. The Labute approximate surface area is 120 Å². The number of hydrogen-bond donors (Lipinski definition) is 0. The van der Waals surface area contributed by atoms with E-state index in [0.717, 1.165) is 23.7 Å². The maximum Gasteiger partial charge on any atom is 0.179 e. The fourth-order valence-corrected chi connectivity index (χ4v) is 3.08. The first-order chi connectivity index (χ1) is 9.02. The Morgan fingerprint density at radius 3 is 2.58 bits per heavy atom. The van der Waals surface area contributed by atoms with Gasteiger partial charge in [0, 0.05) is 23.5 Å². The molecule has 0 radical (unpaired) electrons. The number of alkyl halides is 1. The predicted octanol–water partition coefficient (Wildman–Crippen LogP) is 2.87. The monoisotopic (exact) mass is 282 g/mol. The van der Waals surface area contributed by atoms with Crippen molar-refractivity contribution in [3.8, 4) is 0 Å². The van der Waals surface area contributed by atoms with E-state index in [9.17, 15) is 4.79 Å². The van der Waals surface area contributed by atoms with Crippen LogP contribution >= 0.6 is 11.6 Å². The summed E-state index contributed by atoms with van der Waals surface area (Å²) in [5, 5.41) is 0. The maximum absolute atomic E-state index is 11.8. The van der Waals surface area contributed by atoms with E-state index in [1.54, 1.807) is 0 Å². The molecule has 0 aliphatic carbocycles. The summed E-state index contributed by atoms with van der Waals surface area (Å²) in [6, 6.07) is 1.98. The normalized spacial score (nSPS) is 17.9. The Hall–Kier alpha value is -0.800. The number of hydrogen-bond acceptors (Lipinski definition) is 2. The topological polar surface area (TPSA) is 25.2 Å². The van der Waals surface area contributed by atoms with Gasteiger partial charge in [-0.25, -0.2) is 0 Å². The van der Waals surface area contributed by atoms with Crippen molar-refractivity contribution in [2.45, 2.75) is 33.2 Å². The first-order valence-electron chi connectivity index (χ1n) is 6.97. The molecule has 0 aromatic carbocycles. The van der Waals surface area contributed by atoms with Crippen LogP contribution in [0, 0.1) is 19.8 Å². The molecule has 4 heteroatoms. The number of Topliss-reactive ketones (excluding diaryl/α,β-unsaturated/α-hetero) is 1. The van der Waals surface area contributed by atoms with Crippen molar-refractivity contribution in [1.82, 2.24) is 9.47 Å². The van der Waals surface area contributed by atoms with Crippen LogP contribution in [0.2, 0.25) is 0 Å². The van der Waals surface area contributed by atoms with Crippen LogP contribution < -0.4 is 0 Å². The highest BCUT2D eigenvalue weighted by Gasteiger charge is 2.20. The van der Waals surface area contributed by atoms with E-state index in [1.165, 1.54) is 31.6 Å². The largest absolute Gasteiger partial charge is 0.348 e. The smallest absolute Gasteiger partial charge is 0.179 e. The van der Waals surface area contributed by atoms with Gasteiger partial charge in [0.05, 0.1) is 5.88 Å². The summed E-state index contributed by atoms with van der Waals surface area (Å²) >= 11 is 5.66. The van der Waals surface area contributed by atoms with Gasteiger partial charge in [0.25, 0.3) is 0 Å². The van der Waals surface area contributed by atoms with Crippen LogP contribution in [-0.2, 0) is 6.54 Å². The number of likely N-dealkylation sites (tertiary alicyclic amines) is 1. The van der Waals surface area contributed by atoms with E-state index < -0.39 is 0 Å². The Kier molecular flexibility index (Phi) is 4.69. The average molecular weight is 283 g/mol. The Bertz CT molecular complexity index is 459. The molecule has 1 aliphatic heterocycles. The molecule has 2 heterocycles. The lowest BCUT2D eigenvalue weighted by Crippen LogP contribution is -2.32. The van der Waals surface area contributed by atoms with E-state index in [-0.39, 0.29) is 11.7 Å². The van der Waals surface area contributed by atoms with Crippen LogP contribution in [0.3, 0.4) is 0 Å². The Morgan fingerprint density at radius 2 is 2.00 bits per heavy atom. The van der Waals surface area contributed by atoms with Crippen LogP contribution in [0.5, 0.6) is 0 Å². The van der Waals surface area contributed by atoms with Crippen molar-refractivity contribution in [3.63, 3.8) is 0 Å². The van der Waals surface area contributed by atoms with Crippen LogP contribution in [0.1, 0.15) is 34.6 Å². The van der Waals surface area contributed by atoms with Crippen molar-refractivity contribution < 1.29 is 4.79 Å². The second-order valence-electron chi connectivity index (χ2n) is 5.70. The van der Waals surface area contributed by atoms with Gasteiger partial charge in [0.2, 0.25) is 0 Å². The van der Waals surface area contributed by atoms with E-state index >= 15 is 0 Å². The number of piperidine rings is 1. The molecule has 1 aliphatic rings. The second-order valence-corrected chi connectivity index (χ2v) is 5.97. The number of rotatable bonds is 4. The fraction of sp³-hybridized carbons (Fsp3) is 0.667. The van der Waals surface area contributed by atoms with Crippen molar-refractivity contribution in [2.75, 3.05) is 26.0 Å². The predicted molar refractivity (Wildman–Crippen MR) is 79.2 cm³/mol. The lowest BCUT2D eigenvalue weighted by atomic mass is 9.97. The molecule has 3 nitrogen and oxygen atoms in total. The lowest BCUT2D eigenvalue weighted by Gasteiger charge is -2.29. The molecular weight excluding hydrogens is 260 g/mol. The van der Waals surface area contributed by atoms with Gasteiger partial charge < -0.3 is 9.47 Å². The molecule has 1 fully saturated rings. The maximum atomic E-state index is 11.8. The highest BCUT2D eigenvalue weighted by atomic mass is 35.5. The SMILES string of the molecule is Cc1cc(C(=O)CCl)c(C)n1CC1CCN(C)CC1. The summed E-state index contributed by atoms with van der Waals surface area (Å²) in [5.41, 5.74) is 3.03. The first-order valence-corrected chi connectivity index (χ1v) is 7.50. The van der Waals surface area contributed by atoms with Gasteiger partial charge in [-0.15, -0.1) is 11.6 Å². The molecular formula is C15H23ClN2O. The fourth-order valence-electron chi connectivity index (χ4n) is 2.94.